The van der Waals surface area contributed by atoms with Gasteiger partial charge < -0.3 is 0 Å². The summed E-state index contributed by atoms with van der Waals surface area (Å²) in [6.45, 7) is 1.97. The van der Waals surface area contributed by atoms with Crippen LogP contribution >= 0.6 is 22.7 Å². The summed E-state index contributed by atoms with van der Waals surface area (Å²) in [4.78, 5) is 18.2. The van der Waals surface area contributed by atoms with Crippen LogP contribution in [-0.2, 0) is 17.6 Å². The predicted molar refractivity (Wildman–Crippen MR) is 75.6 cm³/mol. The van der Waals surface area contributed by atoms with E-state index >= 15 is 0 Å². The van der Waals surface area contributed by atoms with Crippen molar-refractivity contribution in [3.63, 3.8) is 0 Å². The lowest BCUT2D eigenvalue weighted by molar-refractivity contribution is -0.120. The van der Waals surface area contributed by atoms with Crippen LogP contribution in [0.4, 0.5) is 0 Å². The molecule has 0 amide bonds. The molecule has 2 aromatic heterocycles. The van der Waals surface area contributed by atoms with Crippen LogP contribution in [0.15, 0.2) is 16.8 Å². The van der Waals surface area contributed by atoms with Crippen LogP contribution in [0, 0.1) is 6.92 Å². The molecule has 0 aromatic carbocycles. The fraction of sp³-hybridized carbons (Fsp3) is 0.429. The van der Waals surface area contributed by atoms with Gasteiger partial charge in [0, 0.05) is 21.9 Å². The molecule has 94 valence electrons. The molecule has 0 spiro atoms. The minimum atomic E-state index is 0.115. The second kappa shape index (κ2) is 4.94. The molecule has 0 N–H and O–H groups in total. The second-order valence-electron chi connectivity index (χ2n) is 4.77. The van der Waals surface area contributed by atoms with Crippen molar-refractivity contribution in [2.24, 2.45) is 0 Å². The lowest BCUT2D eigenvalue weighted by atomic mass is 9.84. The molecule has 0 saturated carbocycles. The molecular weight excluding hydrogens is 262 g/mol. The van der Waals surface area contributed by atoms with Crippen molar-refractivity contribution >= 4 is 28.5 Å². The minimum absolute atomic E-state index is 0.115. The third kappa shape index (κ3) is 2.27. The molecule has 1 aliphatic rings. The number of hydrogen-bond donors (Lipinski definition) is 0. The van der Waals surface area contributed by atoms with Crippen molar-refractivity contribution in [1.82, 2.24) is 4.98 Å². The van der Waals surface area contributed by atoms with Crippen LogP contribution in [0.1, 0.15) is 39.9 Å². The number of Topliss-reactive ketones (excluding diaryl/α,β-unsaturated/α-hetero) is 1. The molecule has 0 bridgehead atoms. The molecule has 3 rings (SSSR count). The molecule has 0 fully saturated rings. The van der Waals surface area contributed by atoms with Crippen molar-refractivity contribution in [3.8, 4) is 0 Å². The van der Waals surface area contributed by atoms with Gasteiger partial charge in [0.1, 0.15) is 10.8 Å². The highest BCUT2D eigenvalue weighted by Crippen LogP contribution is 2.36. The monoisotopic (exact) mass is 277 g/mol. The van der Waals surface area contributed by atoms with E-state index in [4.69, 9.17) is 0 Å². The van der Waals surface area contributed by atoms with Crippen LogP contribution in [0.5, 0.6) is 0 Å². The number of thiazole rings is 1. The Morgan fingerprint density at radius 1 is 1.50 bits per heavy atom. The molecule has 2 aromatic rings. The summed E-state index contributed by atoms with van der Waals surface area (Å²) in [5, 5.41) is 5.09. The average Bonchev–Trinajstić information content (AvgIpc) is 2.97. The number of hydrogen-bond acceptors (Lipinski definition) is 4. The smallest absolute Gasteiger partial charge is 0.147 e. The molecule has 0 radical (unpaired) electrons. The van der Waals surface area contributed by atoms with E-state index in [1.54, 1.807) is 22.7 Å². The maximum atomic E-state index is 12.4. The molecule has 18 heavy (non-hydrogen) atoms. The quantitative estimate of drug-likeness (QED) is 0.855. The second-order valence-corrected chi connectivity index (χ2v) is 6.71. The maximum Gasteiger partial charge on any atom is 0.147 e. The van der Waals surface area contributed by atoms with E-state index in [1.807, 2.05) is 12.3 Å². The average molecular weight is 277 g/mol. The van der Waals surface area contributed by atoms with Gasteiger partial charge in [-0.15, -0.1) is 22.7 Å². The number of carbonyl (C=O) groups excluding carboxylic acids is 1. The number of thiophene rings is 1. The summed E-state index contributed by atoms with van der Waals surface area (Å²) >= 11 is 3.39. The Balaban J connectivity index is 1.78. The van der Waals surface area contributed by atoms with E-state index in [-0.39, 0.29) is 5.92 Å². The molecule has 0 aliphatic heterocycles. The number of nitrogens with zero attached hydrogens (tertiary/aromatic N) is 1. The van der Waals surface area contributed by atoms with Gasteiger partial charge in [-0.2, -0.15) is 0 Å². The molecule has 4 heteroatoms. The van der Waals surface area contributed by atoms with Gasteiger partial charge in [-0.25, -0.2) is 4.98 Å². The zero-order valence-corrected chi connectivity index (χ0v) is 11.9. The number of aryl methyl sites for hydroxylation is 2. The van der Waals surface area contributed by atoms with Crippen LogP contribution in [-0.4, -0.2) is 10.8 Å². The van der Waals surface area contributed by atoms with Gasteiger partial charge in [0.05, 0.1) is 6.42 Å². The van der Waals surface area contributed by atoms with Gasteiger partial charge in [0.25, 0.3) is 0 Å². The predicted octanol–water partition coefficient (Wildman–Crippen LogP) is 3.74. The van der Waals surface area contributed by atoms with E-state index in [0.29, 0.717) is 12.2 Å². The first kappa shape index (κ1) is 12.1. The van der Waals surface area contributed by atoms with E-state index in [9.17, 15) is 4.79 Å². The van der Waals surface area contributed by atoms with Gasteiger partial charge in [-0.05, 0) is 43.2 Å². The van der Waals surface area contributed by atoms with Crippen molar-refractivity contribution in [1.29, 1.82) is 0 Å². The lowest BCUT2D eigenvalue weighted by Gasteiger charge is -2.20. The third-order valence-corrected chi connectivity index (χ3v) is 5.40. The Kier molecular flexibility index (Phi) is 3.31. The molecule has 2 nitrogen and oxygen atoms in total. The van der Waals surface area contributed by atoms with Crippen LogP contribution < -0.4 is 0 Å². The first-order chi connectivity index (χ1) is 8.74. The Labute approximate surface area is 115 Å². The lowest BCUT2D eigenvalue weighted by Crippen LogP contribution is -2.18. The van der Waals surface area contributed by atoms with Crippen molar-refractivity contribution in [2.75, 3.05) is 0 Å². The molecule has 1 aliphatic carbocycles. The normalized spacial score (nSPS) is 18.6. The Bertz CT molecular complexity index is 570. The summed E-state index contributed by atoms with van der Waals surface area (Å²) in [5.74, 6) is 0.452. The zero-order chi connectivity index (χ0) is 12.5. The highest BCUT2D eigenvalue weighted by Gasteiger charge is 2.27. The molecule has 2 heterocycles. The fourth-order valence-electron chi connectivity index (χ4n) is 2.58. The SMILES string of the molecule is Cc1csc(CC(=O)C2CCCc3sccc32)n1. The van der Waals surface area contributed by atoms with Crippen molar-refractivity contribution < 1.29 is 4.79 Å². The van der Waals surface area contributed by atoms with Crippen molar-refractivity contribution in [3.05, 3.63) is 38.0 Å². The summed E-state index contributed by atoms with van der Waals surface area (Å²) in [6, 6.07) is 2.13. The van der Waals surface area contributed by atoms with Gasteiger partial charge in [0.2, 0.25) is 0 Å². The Morgan fingerprint density at radius 2 is 2.39 bits per heavy atom. The highest BCUT2D eigenvalue weighted by molar-refractivity contribution is 7.10. The maximum absolute atomic E-state index is 12.4. The Hall–Kier alpha value is -1.00. The number of carbonyl (C=O) groups is 1. The van der Waals surface area contributed by atoms with Gasteiger partial charge >= 0.3 is 0 Å². The molecule has 1 atom stereocenters. The molecule has 1 unspecified atom stereocenters. The third-order valence-electron chi connectivity index (χ3n) is 3.43. The van der Waals surface area contributed by atoms with E-state index in [2.05, 4.69) is 16.4 Å². The Morgan fingerprint density at radius 3 is 3.17 bits per heavy atom. The summed E-state index contributed by atoms with van der Waals surface area (Å²) in [7, 11) is 0. The minimum Gasteiger partial charge on any atom is -0.299 e. The summed E-state index contributed by atoms with van der Waals surface area (Å²) in [6.07, 6.45) is 3.79. The zero-order valence-electron chi connectivity index (χ0n) is 10.3. The van der Waals surface area contributed by atoms with Crippen LogP contribution in [0.3, 0.4) is 0 Å². The molecule has 0 saturated heterocycles. The first-order valence-electron chi connectivity index (χ1n) is 6.24. The molecular formula is C14H15NOS2. The van der Waals surface area contributed by atoms with Gasteiger partial charge in [-0.1, -0.05) is 0 Å². The van der Waals surface area contributed by atoms with Gasteiger partial charge in [0.15, 0.2) is 0 Å². The van der Waals surface area contributed by atoms with Crippen LogP contribution in [0.25, 0.3) is 0 Å². The topological polar surface area (TPSA) is 30.0 Å². The highest BCUT2D eigenvalue weighted by atomic mass is 32.1. The first-order valence-corrected chi connectivity index (χ1v) is 8.00. The van der Waals surface area contributed by atoms with E-state index < -0.39 is 0 Å². The number of rotatable bonds is 3. The van der Waals surface area contributed by atoms with Crippen molar-refractivity contribution in [2.45, 2.75) is 38.5 Å². The number of fused-ring (bicyclic) bond motifs is 1. The number of ketones is 1. The fourth-order valence-corrected chi connectivity index (χ4v) is 4.35. The van der Waals surface area contributed by atoms with E-state index in [1.165, 1.54) is 10.4 Å². The number of aromatic nitrogens is 1. The van der Waals surface area contributed by atoms with Gasteiger partial charge in [-0.3, -0.25) is 4.79 Å². The van der Waals surface area contributed by atoms with Crippen LogP contribution in [0.2, 0.25) is 0 Å². The summed E-state index contributed by atoms with van der Waals surface area (Å²) in [5.41, 5.74) is 2.30. The largest absolute Gasteiger partial charge is 0.299 e. The summed E-state index contributed by atoms with van der Waals surface area (Å²) < 4.78 is 0. The van der Waals surface area contributed by atoms with E-state index in [0.717, 1.165) is 30.0 Å². The standard InChI is InChI=1S/C14H15NOS2/c1-9-8-18-14(15-9)7-12(16)10-3-2-4-13-11(10)5-6-17-13/h5-6,8,10H,2-4,7H2,1H3.